The second kappa shape index (κ2) is 10.1. The molecule has 0 bridgehead atoms. The van der Waals surface area contributed by atoms with Crippen LogP contribution in [-0.2, 0) is 11.2 Å². The molecule has 0 radical (unpaired) electrons. The van der Waals surface area contributed by atoms with Crippen molar-refractivity contribution in [2.45, 2.75) is 32.3 Å². The van der Waals surface area contributed by atoms with Crippen LogP contribution in [0.4, 0.5) is 11.4 Å². The van der Waals surface area contributed by atoms with Gasteiger partial charge in [-0.2, -0.15) is 0 Å². The number of hydrogen-bond acceptors (Lipinski definition) is 4. The molecule has 1 heterocycles. The van der Waals surface area contributed by atoms with E-state index in [1.807, 2.05) is 49.3 Å². The van der Waals surface area contributed by atoms with Crippen molar-refractivity contribution in [3.05, 3.63) is 59.7 Å². The maximum atomic E-state index is 12.9. The molecule has 2 aromatic carbocycles. The molecule has 1 amide bonds. The van der Waals surface area contributed by atoms with E-state index in [1.54, 1.807) is 6.07 Å². The number of guanidine groups is 1. The fraction of sp³-hybridized carbons (Fsp3) is 0.391. The predicted molar refractivity (Wildman–Crippen MR) is 119 cm³/mol. The van der Waals surface area contributed by atoms with E-state index in [-0.39, 0.29) is 12.0 Å². The first-order valence-corrected chi connectivity index (χ1v) is 10.2. The number of aryl methyl sites for hydroxylation is 1. The Kier molecular flexibility index (Phi) is 7.25. The van der Waals surface area contributed by atoms with E-state index >= 15 is 0 Å². The van der Waals surface area contributed by atoms with Crippen LogP contribution in [0, 0.1) is 0 Å². The van der Waals surface area contributed by atoms with Crippen LogP contribution in [0.25, 0.3) is 0 Å². The van der Waals surface area contributed by atoms with Gasteiger partial charge in [-0.25, -0.2) is 4.99 Å². The van der Waals surface area contributed by atoms with Crippen molar-refractivity contribution in [1.82, 2.24) is 5.32 Å². The Balaban J connectivity index is 1.77. The number of aliphatic imine (C=N–C) groups is 1. The number of anilines is 2. The van der Waals surface area contributed by atoms with Crippen LogP contribution >= 0.6 is 0 Å². The third kappa shape index (κ3) is 6.06. The second-order valence-corrected chi connectivity index (χ2v) is 7.40. The Hall–Kier alpha value is -2.86. The molecule has 1 atom stereocenters. The molecule has 29 heavy (non-hydrogen) atoms. The molecule has 6 heteroatoms. The molecule has 0 aliphatic carbocycles. The molecular weight excluding hydrogens is 364 g/mol. The van der Waals surface area contributed by atoms with Gasteiger partial charge in [0, 0.05) is 37.6 Å². The zero-order valence-corrected chi connectivity index (χ0v) is 17.4. The minimum atomic E-state index is -0.195. The van der Waals surface area contributed by atoms with E-state index in [9.17, 15) is 4.79 Å². The normalized spacial score (nSPS) is 16.5. The molecule has 0 aromatic heterocycles. The summed E-state index contributed by atoms with van der Waals surface area (Å²) in [6, 6.07) is 15.6. The van der Waals surface area contributed by atoms with Crippen LogP contribution in [0.3, 0.4) is 0 Å². The summed E-state index contributed by atoms with van der Waals surface area (Å²) in [5, 5.41) is 6.20. The van der Waals surface area contributed by atoms with Crippen LogP contribution in [0.1, 0.15) is 35.7 Å². The lowest BCUT2D eigenvalue weighted by Gasteiger charge is -2.16. The maximum Gasteiger partial charge on any atom is 0.258 e. The van der Waals surface area contributed by atoms with Gasteiger partial charge in [0.05, 0.1) is 12.6 Å². The van der Waals surface area contributed by atoms with E-state index in [0.29, 0.717) is 18.1 Å². The maximum absolute atomic E-state index is 12.9. The van der Waals surface area contributed by atoms with Crippen LogP contribution in [0.5, 0.6) is 0 Å². The Morgan fingerprint density at radius 3 is 2.76 bits per heavy atom. The topological polar surface area (TPSA) is 66.0 Å². The molecule has 1 aliphatic rings. The highest BCUT2D eigenvalue weighted by Gasteiger charge is 2.16. The minimum Gasteiger partial charge on any atom is -0.378 e. The van der Waals surface area contributed by atoms with Gasteiger partial charge in [0.25, 0.3) is 5.91 Å². The number of rotatable bonds is 6. The largest absolute Gasteiger partial charge is 0.378 e. The van der Waals surface area contributed by atoms with Crippen LogP contribution in [-0.4, -0.2) is 45.2 Å². The van der Waals surface area contributed by atoms with Crippen molar-refractivity contribution in [2.75, 3.05) is 37.5 Å². The highest BCUT2D eigenvalue weighted by atomic mass is 16.5. The Morgan fingerprint density at radius 1 is 1.21 bits per heavy atom. The monoisotopic (exact) mass is 394 g/mol. The molecular formula is C23H30N4O2. The zero-order valence-electron chi connectivity index (χ0n) is 17.4. The number of nitrogens with one attached hydrogen (secondary N) is 2. The molecule has 2 N–H and O–H groups in total. The highest BCUT2D eigenvalue weighted by molar-refractivity contribution is 6.10. The number of ether oxygens (including phenoxy) is 1. The first kappa shape index (κ1) is 20.9. The van der Waals surface area contributed by atoms with Gasteiger partial charge in [-0.05, 0) is 55.2 Å². The van der Waals surface area contributed by atoms with E-state index in [4.69, 9.17) is 4.74 Å². The molecule has 6 nitrogen and oxygen atoms in total. The van der Waals surface area contributed by atoms with Crippen molar-refractivity contribution in [3.8, 4) is 0 Å². The van der Waals surface area contributed by atoms with Gasteiger partial charge < -0.3 is 15.0 Å². The fourth-order valence-electron chi connectivity index (χ4n) is 3.20. The van der Waals surface area contributed by atoms with Crippen molar-refractivity contribution >= 4 is 23.2 Å². The molecule has 1 fully saturated rings. The van der Waals surface area contributed by atoms with Crippen LogP contribution in [0.15, 0.2) is 53.5 Å². The summed E-state index contributed by atoms with van der Waals surface area (Å²) in [7, 11) is 3.90. The molecule has 2 aromatic rings. The number of benzene rings is 2. The number of carbonyl (C=O) groups is 1. The fourth-order valence-corrected chi connectivity index (χ4v) is 3.20. The Bertz CT molecular complexity index is 857. The standard InChI is InChI=1S/C23H30N4O2/c1-4-17-8-5-10-19(14-17)25-23(24-16-21-12-7-13-29-21)26-22(28)18-9-6-11-20(15-18)27(2)3/h5-6,8-11,14-15,21H,4,7,12-13,16H2,1-3H3,(H2,24,25,26,28). The van der Waals surface area contributed by atoms with Gasteiger partial charge >= 0.3 is 0 Å². The van der Waals surface area contributed by atoms with Crippen LogP contribution in [0.2, 0.25) is 0 Å². The first-order valence-electron chi connectivity index (χ1n) is 10.2. The third-order valence-corrected chi connectivity index (χ3v) is 4.93. The van der Waals surface area contributed by atoms with E-state index in [1.165, 1.54) is 5.56 Å². The third-order valence-electron chi connectivity index (χ3n) is 4.93. The molecule has 1 aliphatic heterocycles. The molecule has 0 spiro atoms. The van der Waals surface area contributed by atoms with Gasteiger partial charge in [-0.1, -0.05) is 25.1 Å². The zero-order chi connectivity index (χ0) is 20.6. The Labute approximate surface area is 173 Å². The smallest absolute Gasteiger partial charge is 0.258 e. The van der Waals surface area contributed by atoms with Gasteiger partial charge in [0.2, 0.25) is 5.96 Å². The van der Waals surface area contributed by atoms with E-state index in [0.717, 1.165) is 37.2 Å². The lowest BCUT2D eigenvalue weighted by atomic mass is 10.1. The second-order valence-electron chi connectivity index (χ2n) is 7.40. The molecule has 1 saturated heterocycles. The Morgan fingerprint density at radius 2 is 2.03 bits per heavy atom. The first-order chi connectivity index (χ1) is 14.0. The number of hydrogen-bond donors (Lipinski definition) is 2. The van der Waals surface area contributed by atoms with Gasteiger partial charge in [-0.15, -0.1) is 0 Å². The van der Waals surface area contributed by atoms with E-state index < -0.39 is 0 Å². The predicted octanol–water partition coefficient (Wildman–Crippen LogP) is 3.69. The summed E-state index contributed by atoms with van der Waals surface area (Å²) < 4.78 is 5.67. The van der Waals surface area contributed by atoms with Gasteiger partial charge in [-0.3, -0.25) is 10.1 Å². The number of nitrogens with zero attached hydrogens (tertiary/aromatic N) is 2. The quantitative estimate of drug-likeness (QED) is 0.579. The average molecular weight is 395 g/mol. The molecule has 1 unspecified atom stereocenters. The van der Waals surface area contributed by atoms with E-state index in [2.05, 4.69) is 34.7 Å². The molecule has 3 rings (SSSR count). The summed E-state index contributed by atoms with van der Waals surface area (Å²) in [4.78, 5) is 19.4. The summed E-state index contributed by atoms with van der Waals surface area (Å²) in [5.74, 6) is 0.243. The number of amides is 1. The summed E-state index contributed by atoms with van der Waals surface area (Å²) in [6.45, 7) is 3.42. The van der Waals surface area contributed by atoms with Crippen molar-refractivity contribution in [1.29, 1.82) is 0 Å². The van der Waals surface area contributed by atoms with Gasteiger partial charge in [0.1, 0.15) is 0 Å². The lowest BCUT2D eigenvalue weighted by Crippen LogP contribution is -2.36. The molecule has 0 saturated carbocycles. The van der Waals surface area contributed by atoms with Gasteiger partial charge in [0.15, 0.2) is 0 Å². The van der Waals surface area contributed by atoms with Crippen LogP contribution < -0.4 is 15.5 Å². The average Bonchev–Trinajstić information content (AvgIpc) is 3.26. The number of carbonyl (C=O) groups excluding carboxylic acids is 1. The van der Waals surface area contributed by atoms with Crippen molar-refractivity contribution in [2.24, 2.45) is 4.99 Å². The highest BCUT2D eigenvalue weighted by Crippen LogP contribution is 2.15. The summed E-state index contributed by atoms with van der Waals surface area (Å²) >= 11 is 0. The SMILES string of the molecule is CCc1cccc(NC(=NCC2CCCO2)NC(=O)c2cccc(N(C)C)c2)c1. The van der Waals surface area contributed by atoms with Crippen molar-refractivity contribution in [3.63, 3.8) is 0 Å². The molecule has 154 valence electrons. The minimum absolute atomic E-state index is 0.114. The van der Waals surface area contributed by atoms with Crippen molar-refractivity contribution < 1.29 is 9.53 Å². The summed E-state index contributed by atoms with van der Waals surface area (Å²) in [6.07, 6.45) is 3.12. The summed E-state index contributed by atoms with van der Waals surface area (Å²) in [5.41, 5.74) is 3.68. The lowest BCUT2D eigenvalue weighted by molar-refractivity contribution is 0.0975.